The van der Waals surface area contributed by atoms with Crippen molar-refractivity contribution >= 4 is 29.9 Å². The second-order valence-corrected chi connectivity index (χ2v) is 13.2. The average Bonchev–Trinajstić information content (AvgIpc) is 3.11. The van der Waals surface area contributed by atoms with E-state index in [1.165, 1.54) is 0 Å². The molecule has 274 valence electrons. The number of nitrogens with one attached hydrogen (secondary N) is 5. The third-order valence-corrected chi connectivity index (χ3v) is 8.81. The van der Waals surface area contributed by atoms with Crippen LogP contribution in [0.1, 0.15) is 76.3 Å². The van der Waals surface area contributed by atoms with Gasteiger partial charge in [0.2, 0.25) is 11.8 Å². The number of urea groups is 1. The van der Waals surface area contributed by atoms with Crippen molar-refractivity contribution in [3.05, 3.63) is 71.8 Å². The fourth-order valence-electron chi connectivity index (χ4n) is 6.01. The predicted octanol–water partition coefficient (Wildman–Crippen LogP) is 3.65. The fourth-order valence-corrected chi connectivity index (χ4v) is 6.01. The molecule has 50 heavy (non-hydrogen) atoms. The number of amides is 5. The molecule has 1 aliphatic carbocycles. The Bertz CT molecular complexity index is 1350. The summed E-state index contributed by atoms with van der Waals surface area (Å²) in [5, 5.41) is 33.1. The van der Waals surface area contributed by atoms with Gasteiger partial charge in [-0.2, -0.15) is 0 Å². The molecule has 0 bridgehead atoms. The molecule has 13 heteroatoms. The first-order valence-corrected chi connectivity index (χ1v) is 17.6. The number of hydrogen-bond donors (Lipinski definition) is 7. The average molecular weight is 696 g/mol. The summed E-state index contributed by atoms with van der Waals surface area (Å²) in [6.07, 6.45) is 5.31. The summed E-state index contributed by atoms with van der Waals surface area (Å²) in [6, 6.07) is 14.0. The van der Waals surface area contributed by atoms with Crippen molar-refractivity contribution < 1.29 is 38.9 Å². The second-order valence-electron chi connectivity index (χ2n) is 13.2. The van der Waals surface area contributed by atoms with Crippen LogP contribution in [0, 0.1) is 11.8 Å². The number of alkyl carbamates (subject to hydrolysis) is 1. The lowest BCUT2D eigenvalue weighted by molar-refractivity contribution is -0.139. The van der Waals surface area contributed by atoms with Gasteiger partial charge in [0, 0.05) is 6.54 Å². The number of carbonyl (C=O) groups is 5. The molecule has 0 aromatic heterocycles. The quantitative estimate of drug-likeness (QED) is 0.108. The molecule has 1 aliphatic rings. The summed E-state index contributed by atoms with van der Waals surface area (Å²) in [7, 11) is 0. The third kappa shape index (κ3) is 14.5. The fraction of sp³-hybridized carbons (Fsp3) is 0.541. The number of carboxylic acids is 1. The van der Waals surface area contributed by atoms with Crippen molar-refractivity contribution in [1.29, 1.82) is 0 Å². The van der Waals surface area contributed by atoms with E-state index in [9.17, 15) is 34.2 Å². The zero-order chi connectivity index (χ0) is 36.3. The summed E-state index contributed by atoms with van der Waals surface area (Å²) in [5.74, 6) is -2.38. The SMILES string of the molecule is CC(C)[C@H](NC(=O)[C@@H](CC1CCCCC1)NC(=O)NC(CCCNC(=O)OCc1ccccc1)C(=O)O)C(=O)N[C@H](CO)Cc1ccccc1. The van der Waals surface area contributed by atoms with Crippen LogP contribution >= 0.6 is 0 Å². The standard InChI is InChI=1S/C37H53N5O8/c1-25(2)32(34(45)39-29(23-43)21-26-13-6-3-7-14-26)42-33(44)31(22-27-15-8-4-9-16-27)41-36(48)40-30(35(46)47)19-12-20-38-37(49)50-24-28-17-10-5-11-18-28/h3,5-7,10-11,13-14,17-18,25,27,29-32,43H,4,8-9,12,15-16,19-24H2,1-2H3,(H,38,49)(H,39,45)(H,42,44)(H,46,47)(H2,40,41,48)/t29-,30?,31+,32-/m0/s1. The number of carbonyl (C=O) groups excluding carboxylic acids is 4. The highest BCUT2D eigenvalue weighted by molar-refractivity contribution is 5.92. The summed E-state index contributed by atoms with van der Waals surface area (Å²) in [6.45, 7) is 3.53. The Kier molecular flexibility index (Phi) is 17.1. The molecule has 13 nitrogen and oxygen atoms in total. The minimum Gasteiger partial charge on any atom is -0.480 e. The molecule has 7 N–H and O–H groups in total. The Balaban J connectivity index is 1.57. The maximum Gasteiger partial charge on any atom is 0.407 e. The van der Waals surface area contributed by atoms with Crippen LogP contribution in [0.25, 0.3) is 0 Å². The first-order valence-electron chi connectivity index (χ1n) is 17.6. The number of benzene rings is 2. The van der Waals surface area contributed by atoms with Gasteiger partial charge in [0.1, 0.15) is 24.7 Å². The van der Waals surface area contributed by atoms with Crippen LogP contribution in [0.2, 0.25) is 0 Å². The normalized spacial score (nSPS) is 15.5. The Hall–Kier alpha value is -4.65. The van der Waals surface area contributed by atoms with E-state index in [1.54, 1.807) is 13.8 Å². The van der Waals surface area contributed by atoms with Crippen molar-refractivity contribution in [2.45, 2.75) is 102 Å². The Morgan fingerprint density at radius 1 is 0.800 bits per heavy atom. The van der Waals surface area contributed by atoms with Crippen LogP contribution in [-0.2, 0) is 32.1 Å². The zero-order valence-electron chi connectivity index (χ0n) is 29.1. The molecule has 1 saturated carbocycles. The molecule has 4 atom stereocenters. The molecule has 2 aromatic rings. The van der Waals surface area contributed by atoms with Gasteiger partial charge >= 0.3 is 18.1 Å². The number of hydrogen-bond acceptors (Lipinski definition) is 7. The highest BCUT2D eigenvalue weighted by Gasteiger charge is 2.32. The molecule has 0 heterocycles. The summed E-state index contributed by atoms with van der Waals surface area (Å²) in [5.41, 5.74) is 1.77. The van der Waals surface area contributed by atoms with E-state index in [1.807, 2.05) is 60.7 Å². The van der Waals surface area contributed by atoms with E-state index < -0.39 is 54.1 Å². The molecule has 0 radical (unpaired) electrons. The molecular formula is C37H53N5O8. The molecule has 2 aromatic carbocycles. The van der Waals surface area contributed by atoms with Gasteiger partial charge in [-0.3, -0.25) is 9.59 Å². The first kappa shape index (κ1) is 39.8. The third-order valence-electron chi connectivity index (χ3n) is 8.81. The number of ether oxygens (including phenoxy) is 1. The van der Waals surface area contributed by atoms with E-state index in [2.05, 4.69) is 26.6 Å². The Morgan fingerprint density at radius 3 is 2.02 bits per heavy atom. The van der Waals surface area contributed by atoms with Crippen molar-refractivity contribution in [2.75, 3.05) is 13.2 Å². The monoisotopic (exact) mass is 695 g/mol. The highest BCUT2D eigenvalue weighted by Crippen LogP contribution is 2.27. The first-order chi connectivity index (χ1) is 24.0. The van der Waals surface area contributed by atoms with Gasteiger partial charge in [-0.25, -0.2) is 14.4 Å². The lowest BCUT2D eigenvalue weighted by atomic mass is 9.84. The van der Waals surface area contributed by atoms with Gasteiger partial charge in [-0.15, -0.1) is 0 Å². The van der Waals surface area contributed by atoms with Crippen LogP contribution < -0.4 is 26.6 Å². The lowest BCUT2D eigenvalue weighted by Gasteiger charge is -2.30. The molecule has 5 amide bonds. The summed E-state index contributed by atoms with van der Waals surface area (Å²) < 4.78 is 5.16. The largest absolute Gasteiger partial charge is 0.480 e. The summed E-state index contributed by atoms with van der Waals surface area (Å²) >= 11 is 0. The highest BCUT2D eigenvalue weighted by atomic mass is 16.5. The maximum atomic E-state index is 13.7. The van der Waals surface area contributed by atoms with Crippen molar-refractivity contribution in [3.63, 3.8) is 0 Å². The Morgan fingerprint density at radius 2 is 1.42 bits per heavy atom. The second kappa shape index (κ2) is 21.4. The van der Waals surface area contributed by atoms with E-state index >= 15 is 0 Å². The zero-order valence-corrected chi connectivity index (χ0v) is 29.1. The maximum absolute atomic E-state index is 13.7. The van der Waals surface area contributed by atoms with Crippen LogP contribution in [0.4, 0.5) is 9.59 Å². The minimum atomic E-state index is -1.27. The molecule has 0 spiro atoms. The number of carboxylic acid groups (broad SMARTS) is 1. The van der Waals surface area contributed by atoms with E-state index in [0.717, 1.165) is 43.2 Å². The van der Waals surface area contributed by atoms with Crippen molar-refractivity contribution in [3.8, 4) is 0 Å². The minimum absolute atomic E-state index is 0.0196. The van der Waals surface area contributed by atoms with E-state index in [4.69, 9.17) is 4.74 Å². The van der Waals surface area contributed by atoms with Gasteiger partial charge in [0.05, 0.1) is 12.6 Å². The molecule has 1 unspecified atom stereocenters. The lowest BCUT2D eigenvalue weighted by Crippen LogP contribution is -2.59. The van der Waals surface area contributed by atoms with Gasteiger partial charge in [0.25, 0.3) is 0 Å². The van der Waals surface area contributed by atoms with Crippen molar-refractivity contribution in [2.24, 2.45) is 11.8 Å². The predicted molar refractivity (Wildman–Crippen MR) is 188 cm³/mol. The number of aliphatic carboxylic acids is 1. The Labute approximate surface area is 294 Å². The molecule has 1 fully saturated rings. The van der Waals surface area contributed by atoms with E-state index in [0.29, 0.717) is 12.8 Å². The number of aliphatic hydroxyl groups excluding tert-OH is 1. The van der Waals surface area contributed by atoms with Crippen LogP contribution in [0.15, 0.2) is 60.7 Å². The van der Waals surface area contributed by atoms with Gasteiger partial charge in [-0.05, 0) is 48.6 Å². The molecule has 0 saturated heterocycles. The van der Waals surface area contributed by atoms with Crippen LogP contribution in [0.5, 0.6) is 0 Å². The van der Waals surface area contributed by atoms with Crippen LogP contribution in [0.3, 0.4) is 0 Å². The topological polar surface area (TPSA) is 195 Å². The van der Waals surface area contributed by atoms with Gasteiger partial charge < -0.3 is 41.5 Å². The van der Waals surface area contributed by atoms with Crippen molar-refractivity contribution in [1.82, 2.24) is 26.6 Å². The molecule has 0 aliphatic heterocycles. The molecule has 3 rings (SSSR count). The number of aliphatic hydroxyl groups is 1. The smallest absolute Gasteiger partial charge is 0.407 e. The van der Waals surface area contributed by atoms with Crippen LogP contribution in [-0.4, -0.2) is 77.4 Å². The number of rotatable bonds is 19. The summed E-state index contributed by atoms with van der Waals surface area (Å²) in [4.78, 5) is 64.2. The van der Waals surface area contributed by atoms with Gasteiger partial charge in [0.15, 0.2) is 0 Å². The van der Waals surface area contributed by atoms with E-state index in [-0.39, 0.29) is 44.4 Å². The van der Waals surface area contributed by atoms with Gasteiger partial charge in [-0.1, -0.05) is 107 Å². The molecular weight excluding hydrogens is 642 g/mol.